The number of benzene rings is 1. The molecule has 0 saturated carbocycles. The van der Waals surface area contributed by atoms with Gasteiger partial charge in [-0.05, 0) is 42.5 Å². The van der Waals surface area contributed by atoms with Crippen molar-refractivity contribution in [2.45, 2.75) is 11.2 Å². The molecule has 0 radical (unpaired) electrons. The minimum Gasteiger partial charge on any atom is -0.484 e. The van der Waals surface area contributed by atoms with Crippen molar-refractivity contribution in [1.29, 1.82) is 0 Å². The van der Waals surface area contributed by atoms with Crippen LogP contribution in [-0.4, -0.2) is 72.2 Å². The number of carbonyl (C=O) groups is 1. The molecule has 0 atom stereocenters. The maximum absolute atomic E-state index is 13.4. The van der Waals surface area contributed by atoms with E-state index in [1.807, 2.05) is 0 Å². The van der Waals surface area contributed by atoms with Crippen LogP contribution in [0.15, 0.2) is 65.0 Å². The number of rotatable bonds is 7. The summed E-state index contributed by atoms with van der Waals surface area (Å²) in [6, 6.07) is 10.4. The summed E-state index contributed by atoms with van der Waals surface area (Å²) in [5.74, 6) is 0.0280. The second kappa shape index (κ2) is 11.0. The molecule has 3 aromatic rings. The molecule has 12 nitrogen and oxygen atoms in total. The minimum absolute atomic E-state index is 0.0144. The molecular weight excluding hydrogens is 577 g/mol. The molecule has 212 valence electrons. The van der Waals surface area contributed by atoms with Crippen LogP contribution in [0.4, 0.5) is 18.9 Å². The Morgan fingerprint density at radius 1 is 1.10 bits per heavy atom. The first-order chi connectivity index (χ1) is 19.0. The van der Waals surface area contributed by atoms with Crippen molar-refractivity contribution in [3.05, 3.63) is 65.4 Å². The Labute approximate surface area is 231 Å². The molecule has 1 amide bonds. The van der Waals surface area contributed by atoms with Gasteiger partial charge >= 0.3 is 6.18 Å². The van der Waals surface area contributed by atoms with Gasteiger partial charge in [-0.1, -0.05) is 11.6 Å². The molecule has 1 saturated heterocycles. The van der Waals surface area contributed by atoms with Crippen LogP contribution >= 0.6 is 11.6 Å². The van der Waals surface area contributed by atoms with Gasteiger partial charge in [0.1, 0.15) is 12.1 Å². The van der Waals surface area contributed by atoms with E-state index in [4.69, 9.17) is 16.3 Å². The third kappa shape index (κ3) is 5.70. The fraction of sp³-hybridized carbons (Fsp3) is 0.261. The van der Waals surface area contributed by atoms with Crippen molar-refractivity contribution < 1.29 is 31.1 Å². The van der Waals surface area contributed by atoms with Crippen LogP contribution in [0.25, 0.3) is 5.82 Å². The molecule has 1 fully saturated rings. The van der Waals surface area contributed by atoms with Crippen molar-refractivity contribution in [3.63, 3.8) is 0 Å². The van der Waals surface area contributed by atoms with E-state index in [1.54, 1.807) is 35.6 Å². The number of carbonyl (C=O) groups excluding carboxylic acids is 1. The fourth-order valence-electron chi connectivity index (χ4n) is 4.09. The second-order valence-corrected chi connectivity index (χ2v) is 10.9. The Bertz CT molecular complexity index is 1520. The first kappa shape index (κ1) is 27.7. The van der Waals surface area contributed by atoms with Crippen molar-refractivity contribution >= 4 is 39.6 Å². The van der Waals surface area contributed by atoms with Gasteiger partial charge < -0.3 is 9.64 Å². The Morgan fingerprint density at radius 2 is 1.82 bits per heavy atom. The summed E-state index contributed by atoms with van der Waals surface area (Å²) in [4.78, 5) is 18.0. The third-order valence-corrected chi connectivity index (χ3v) is 8.35. The third-order valence-electron chi connectivity index (χ3n) is 6.17. The maximum Gasteiger partial charge on any atom is 0.417 e. The first-order valence-corrected chi connectivity index (χ1v) is 13.6. The number of hydrogen-bond donors (Lipinski definition) is 2. The van der Waals surface area contributed by atoms with Crippen molar-refractivity contribution in [1.82, 2.24) is 29.8 Å². The topological polar surface area (TPSA) is 124 Å². The van der Waals surface area contributed by atoms with E-state index in [0.29, 0.717) is 18.0 Å². The first-order valence-electron chi connectivity index (χ1n) is 11.8. The number of ether oxygens (including phenoxy) is 1. The summed E-state index contributed by atoms with van der Waals surface area (Å²) in [7, 11) is -4.08. The molecule has 0 aliphatic carbocycles. The van der Waals surface area contributed by atoms with E-state index in [0.717, 1.165) is 10.3 Å². The van der Waals surface area contributed by atoms with Crippen LogP contribution in [0.5, 0.6) is 5.75 Å². The zero-order valence-electron chi connectivity index (χ0n) is 20.5. The molecule has 17 heteroatoms. The molecule has 2 aliphatic rings. The van der Waals surface area contributed by atoms with Crippen LogP contribution in [0.3, 0.4) is 0 Å². The summed E-state index contributed by atoms with van der Waals surface area (Å²) in [6.45, 7) is 0.0692. The molecule has 0 unspecified atom stereocenters. The highest BCUT2D eigenvalue weighted by Crippen LogP contribution is 2.33. The minimum atomic E-state index is -4.65. The number of amides is 1. The Morgan fingerprint density at radius 3 is 2.45 bits per heavy atom. The van der Waals surface area contributed by atoms with Gasteiger partial charge in [0.05, 0.1) is 16.3 Å². The zero-order chi connectivity index (χ0) is 28.5. The maximum atomic E-state index is 13.4. The number of hydrazone groups is 1. The number of nitrogens with one attached hydrogen (secondary N) is 2. The normalized spacial score (nSPS) is 16.3. The van der Waals surface area contributed by atoms with Gasteiger partial charge in [-0.25, -0.2) is 23.9 Å². The molecular formula is C23H22ClF3N8O4S. The van der Waals surface area contributed by atoms with Gasteiger partial charge in [0, 0.05) is 38.6 Å². The summed E-state index contributed by atoms with van der Waals surface area (Å²) in [5.41, 5.74) is 5.12. The lowest BCUT2D eigenvalue weighted by atomic mass is 10.3. The van der Waals surface area contributed by atoms with Crippen molar-refractivity contribution in [3.8, 4) is 11.6 Å². The van der Waals surface area contributed by atoms with Crippen molar-refractivity contribution in [2.75, 3.05) is 37.8 Å². The molecule has 0 spiro atoms. The number of sulfonamides is 1. The van der Waals surface area contributed by atoms with E-state index >= 15 is 0 Å². The van der Waals surface area contributed by atoms with E-state index in [9.17, 15) is 26.4 Å². The lowest BCUT2D eigenvalue weighted by molar-refractivity contribution is -0.138. The van der Waals surface area contributed by atoms with Crippen LogP contribution in [0.2, 0.25) is 5.02 Å². The smallest absolute Gasteiger partial charge is 0.417 e. The summed E-state index contributed by atoms with van der Waals surface area (Å²) in [6.07, 6.45) is -1.15. The van der Waals surface area contributed by atoms with Gasteiger partial charge in [0.15, 0.2) is 17.5 Å². The molecule has 0 bridgehead atoms. The number of pyridine rings is 1. The summed E-state index contributed by atoms with van der Waals surface area (Å²) < 4.78 is 73.7. The lowest BCUT2D eigenvalue weighted by Gasteiger charge is -2.34. The predicted octanol–water partition coefficient (Wildman–Crippen LogP) is 2.23. The molecule has 5 rings (SSSR count). The number of aromatic nitrogens is 2. The summed E-state index contributed by atoms with van der Waals surface area (Å²) in [5, 5.41) is 4.90. The average Bonchev–Trinajstić information content (AvgIpc) is 3.65. The highest BCUT2D eigenvalue weighted by molar-refractivity contribution is 7.89. The van der Waals surface area contributed by atoms with Crippen LogP contribution in [0, 0.1) is 0 Å². The Balaban J connectivity index is 1.19. The molecule has 2 N–H and O–H groups in total. The van der Waals surface area contributed by atoms with E-state index in [1.165, 1.54) is 27.5 Å². The molecule has 2 aromatic heterocycles. The number of nitrogens with zero attached hydrogens (tertiary/aromatic N) is 6. The van der Waals surface area contributed by atoms with Gasteiger partial charge in [-0.3, -0.25) is 9.36 Å². The highest BCUT2D eigenvalue weighted by Gasteiger charge is 2.34. The number of anilines is 1. The van der Waals surface area contributed by atoms with Crippen LogP contribution < -0.4 is 20.8 Å². The van der Waals surface area contributed by atoms with E-state index in [2.05, 4.69) is 21.2 Å². The average molecular weight is 599 g/mol. The second-order valence-electron chi connectivity index (χ2n) is 8.65. The van der Waals surface area contributed by atoms with Crippen LogP contribution in [0.1, 0.15) is 5.56 Å². The van der Waals surface area contributed by atoms with Gasteiger partial charge in [0.2, 0.25) is 0 Å². The number of alkyl halides is 3. The monoisotopic (exact) mass is 598 g/mol. The van der Waals surface area contributed by atoms with E-state index in [-0.39, 0.29) is 54.6 Å². The van der Waals surface area contributed by atoms with Gasteiger partial charge in [-0.15, -0.1) is 5.53 Å². The quantitative estimate of drug-likeness (QED) is 0.424. The Kier molecular flexibility index (Phi) is 7.59. The number of piperazine rings is 1. The highest BCUT2D eigenvalue weighted by atomic mass is 35.5. The largest absolute Gasteiger partial charge is 0.484 e. The number of hydrazine groups is 2. The van der Waals surface area contributed by atoms with Gasteiger partial charge in [0.25, 0.3) is 15.9 Å². The van der Waals surface area contributed by atoms with E-state index < -0.39 is 21.8 Å². The SMILES string of the molecule is O=C(COc1ccc(N2C=NNN2)cc1)N1CCN(S(=O)(=O)c2cccn2-c2ncc(C(F)(F)F)cc2Cl)CC1. The Hall–Kier alpha value is -3.86. The summed E-state index contributed by atoms with van der Waals surface area (Å²) >= 11 is 6.04. The lowest BCUT2D eigenvalue weighted by Crippen LogP contribution is -2.51. The number of halogens is 4. The molecule has 40 heavy (non-hydrogen) atoms. The predicted molar refractivity (Wildman–Crippen MR) is 138 cm³/mol. The molecule has 4 heterocycles. The molecule has 2 aliphatic heterocycles. The molecule has 1 aromatic carbocycles. The standard InChI is InChI=1S/C23H22ClF3N8O4S/c24-19-12-16(23(25,26)27)13-28-22(19)34-7-1-2-21(34)40(37,38)33-10-8-32(9-11-33)20(36)14-39-18-5-3-17(4-6-18)35-15-29-30-31-35/h1-7,12-13,15,30-31H,8-11,14H2. The van der Waals surface area contributed by atoms with Crippen LogP contribution in [-0.2, 0) is 21.0 Å². The zero-order valence-corrected chi connectivity index (χ0v) is 22.1. The number of hydrogen-bond acceptors (Lipinski definition) is 9. The van der Waals surface area contributed by atoms with Crippen molar-refractivity contribution in [2.24, 2.45) is 5.10 Å². The fourth-order valence-corrected chi connectivity index (χ4v) is 5.90. The van der Waals surface area contributed by atoms with Gasteiger partial charge in [-0.2, -0.15) is 22.6 Å².